The Bertz CT molecular complexity index is 413. The van der Waals surface area contributed by atoms with Crippen molar-refractivity contribution in [2.24, 2.45) is 5.41 Å². The molecule has 2 heterocycles. The largest absolute Gasteiger partial charge is 0.381 e. The smallest absolute Gasteiger partial charge is 0.0850 e. The molecule has 0 aliphatic carbocycles. The van der Waals surface area contributed by atoms with Gasteiger partial charge in [-0.2, -0.15) is 5.10 Å². The Kier molecular flexibility index (Phi) is 4.73. The summed E-state index contributed by atoms with van der Waals surface area (Å²) in [5.74, 6) is 0. The molecule has 1 aliphatic heterocycles. The highest BCUT2D eigenvalue weighted by Gasteiger charge is 2.36. The van der Waals surface area contributed by atoms with Gasteiger partial charge in [0.25, 0.3) is 0 Å². The van der Waals surface area contributed by atoms with E-state index >= 15 is 0 Å². The Labute approximate surface area is 122 Å². The predicted octanol–water partition coefficient (Wildman–Crippen LogP) is 3.46. The van der Waals surface area contributed by atoms with Crippen molar-refractivity contribution in [3.63, 3.8) is 0 Å². The first-order valence-corrected chi connectivity index (χ1v) is 8.03. The molecule has 0 aromatic carbocycles. The van der Waals surface area contributed by atoms with Crippen molar-refractivity contribution >= 4 is 27.5 Å². The second-order valence-corrected chi connectivity index (χ2v) is 5.93. The lowest BCUT2D eigenvalue weighted by atomic mass is 9.84. The molecule has 3 nitrogen and oxygen atoms in total. The van der Waals surface area contributed by atoms with Crippen LogP contribution in [0.1, 0.15) is 31.7 Å². The lowest BCUT2D eigenvalue weighted by Gasteiger charge is -2.25. The van der Waals surface area contributed by atoms with E-state index in [4.69, 9.17) is 16.3 Å². The van der Waals surface area contributed by atoms with E-state index in [1.54, 1.807) is 0 Å². The molecular formula is C13H20BrClN2O. The van der Waals surface area contributed by atoms with Gasteiger partial charge in [0.1, 0.15) is 0 Å². The van der Waals surface area contributed by atoms with Crippen LogP contribution in [0.25, 0.3) is 0 Å². The minimum Gasteiger partial charge on any atom is -0.381 e. The minimum atomic E-state index is 0.182. The molecule has 102 valence electrons. The number of hydrogen-bond donors (Lipinski definition) is 0. The van der Waals surface area contributed by atoms with Crippen LogP contribution in [-0.2, 0) is 24.1 Å². The van der Waals surface area contributed by atoms with Gasteiger partial charge >= 0.3 is 0 Å². The van der Waals surface area contributed by atoms with Crippen LogP contribution in [0, 0.1) is 5.41 Å². The highest BCUT2D eigenvalue weighted by molar-refractivity contribution is 9.09. The van der Waals surface area contributed by atoms with E-state index in [-0.39, 0.29) is 5.41 Å². The lowest BCUT2D eigenvalue weighted by Crippen LogP contribution is -2.27. The molecule has 5 heteroatoms. The molecule has 1 aliphatic rings. The van der Waals surface area contributed by atoms with Gasteiger partial charge in [0.15, 0.2) is 0 Å². The van der Waals surface area contributed by atoms with Gasteiger partial charge in [0.2, 0.25) is 0 Å². The maximum atomic E-state index is 6.47. The van der Waals surface area contributed by atoms with Crippen molar-refractivity contribution in [2.75, 3.05) is 18.5 Å². The molecular weight excluding hydrogens is 316 g/mol. The first-order chi connectivity index (χ1) is 8.65. The van der Waals surface area contributed by atoms with Crippen molar-refractivity contribution in [3.8, 4) is 0 Å². The highest BCUT2D eigenvalue weighted by atomic mass is 79.9. The van der Waals surface area contributed by atoms with E-state index in [0.717, 1.165) is 55.1 Å². The van der Waals surface area contributed by atoms with E-state index in [2.05, 4.69) is 34.9 Å². The first kappa shape index (κ1) is 14.4. The number of aromatic nitrogens is 2. The number of nitrogens with zero attached hydrogens (tertiary/aromatic N) is 2. The van der Waals surface area contributed by atoms with E-state index in [9.17, 15) is 0 Å². The molecule has 1 unspecified atom stereocenters. The normalized spacial score (nSPS) is 23.8. The van der Waals surface area contributed by atoms with E-state index in [0.29, 0.717) is 0 Å². The van der Waals surface area contributed by atoms with Crippen LogP contribution < -0.4 is 0 Å². The zero-order valence-electron chi connectivity index (χ0n) is 11.0. The number of rotatable bonds is 5. The summed E-state index contributed by atoms with van der Waals surface area (Å²) in [6, 6.07) is 0. The van der Waals surface area contributed by atoms with Crippen LogP contribution in [0.5, 0.6) is 0 Å². The second-order valence-electron chi connectivity index (χ2n) is 4.99. The fourth-order valence-electron chi connectivity index (χ4n) is 2.48. The summed E-state index contributed by atoms with van der Waals surface area (Å²) >= 11 is 10.1. The van der Waals surface area contributed by atoms with E-state index in [1.807, 2.05) is 4.68 Å². The van der Waals surface area contributed by atoms with Crippen molar-refractivity contribution in [1.29, 1.82) is 0 Å². The molecule has 1 atom stereocenters. The molecule has 1 aromatic heterocycles. The first-order valence-electron chi connectivity index (χ1n) is 6.53. The van der Waals surface area contributed by atoms with E-state index in [1.165, 1.54) is 5.69 Å². The zero-order chi connectivity index (χ0) is 13.2. The van der Waals surface area contributed by atoms with Crippen molar-refractivity contribution in [2.45, 2.75) is 39.7 Å². The summed E-state index contributed by atoms with van der Waals surface area (Å²) in [6.07, 6.45) is 2.92. The molecule has 0 amide bonds. The fourth-order valence-corrected chi connectivity index (χ4v) is 3.46. The summed E-state index contributed by atoms with van der Waals surface area (Å²) in [4.78, 5) is 0. The Morgan fingerprint density at radius 3 is 2.78 bits per heavy atom. The summed E-state index contributed by atoms with van der Waals surface area (Å²) in [5.41, 5.74) is 2.36. The highest BCUT2D eigenvalue weighted by Crippen LogP contribution is 2.37. The predicted molar refractivity (Wildman–Crippen MR) is 77.7 cm³/mol. The number of alkyl halides is 1. The summed E-state index contributed by atoms with van der Waals surface area (Å²) in [5, 5.41) is 6.39. The van der Waals surface area contributed by atoms with Crippen LogP contribution in [-0.4, -0.2) is 28.3 Å². The number of aryl methyl sites for hydroxylation is 2. The summed E-state index contributed by atoms with van der Waals surface area (Å²) in [7, 11) is 0. The molecule has 0 spiro atoms. The van der Waals surface area contributed by atoms with Gasteiger partial charge in [-0.1, -0.05) is 34.5 Å². The topological polar surface area (TPSA) is 27.1 Å². The van der Waals surface area contributed by atoms with Gasteiger partial charge in [-0.05, 0) is 26.2 Å². The second kappa shape index (κ2) is 5.93. The van der Waals surface area contributed by atoms with Gasteiger partial charge in [0, 0.05) is 23.9 Å². The quantitative estimate of drug-likeness (QED) is 0.771. The van der Waals surface area contributed by atoms with Crippen LogP contribution >= 0.6 is 27.5 Å². The van der Waals surface area contributed by atoms with Crippen molar-refractivity contribution < 1.29 is 4.74 Å². The molecule has 1 fully saturated rings. The summed E-state index contributed by atoms with van der Waals surface area (Å²) in [6.45, 7) is 6.73. The summed E-state index contributed by atoms with van der Waals surface area (Å²) < 4.78 is 7.61. The third kappa shape index (κ3) is 2.61. The molecule has 1 aromatic rings. The molecule has 0 N–H and O–H groups in total. The van der Waals surface area contributed by atoms with Gasteiger partial charge in [0.05, 0.1) is 23.0 Å². The molecule has 18 heavy (non-hydrogen) atoms. The standard InChI is InChI=1S/C13H20BrClN2O/c1-3-10-12(15)11(17(4-2)16-10)7-13(8-14)5-6-18-9-13/h3-9H2,1-2H3. The van der Waals surface area contributed by atoms with Crippen LogP contribution in [0.3, 0.4) is 0 Å². The molecule has 0 bridgehead atoms. The third-order valence-electron chi connectivity index (χ3n) is 3.71. The van der Waals surface area contributed by atoms with Crippen molar-refractivity contribution in [3.05, 3.63) is 16.4 Å². The van der Waals surface area contributed by atoms with Gasteiger partial charge in [-0.15, -0.1) is 0 Å². The number of halogens is 2. The lowest BCUT2D eigenvalue weighted by molar-refractivity contribution is 0.161. The van der Waals surface area contributed by atoms with Crippen molar-refractivity contribution in [1.82, 2.24) is 9.78 Å². The number of hydrogen-bond acceptors (Lipinski definition) is 2. The molecule has 0 saturated carbocycles. The van der Waals surface area contributed by atoms with Gasteiger partial charge in [-0.3, -0.25) is 4.68 Å². The minimum absolute atomic E-state index is 0.182. The van der Waals surface area contributed by atoms with Crippen LogP contribution in [0.4, 0.5) is 0 Å². The fraction of sp³-hybridized carbons (Fsp3) is 0.769. The average molecular weight is 336 g/mol. The Balaban J connectivity index is 2.29. The Morgan fingerprint density at radius 2 is 2.28 bits per heavy atom. The van der Waals surface area contributed by atoms with Crippen LogP contribution in [0.15, 0.2) is 0 Å². The zero-order valence-corrected chi connectivity index (χ0v) is 13.4. The van der Waals surface area contributed by atoms with Gasteiger partial charge in [-0.25, -0.2) is 0 Å². The molecule has 0 radical (unpaired) electrons. The molecule has 2 rings (SSSR count). The maximum Gasteiger partial charge on any atom is 0.0850 e. The van der Waals surface area contributed by atoms with Crippen LogP contribution in [0.2, 0.25) is 5.02 Å². The van der Waals surface area contributed by atoms with Gasteiger partial charge < -0.3 is 4.74 Å². The Morgan fingerprint density at radius 1 is 1.50 bits per heavy atom. The molecule has 1 saturated heterocycles. The maximum absolute atomic E-state index is 6.47. The van der Waals surface area contributed by atoms with E-state index < -0.39 is 0 Å². The average Bonchev–Trinajstić information content (AvgIpc) is 2.97. The Hall–Kier alpha value is -0.0600. The third-order valence-corrected chi connectivity index (χ3v) is 5.33. The number of ether oxygens (including phenoxy) is 1. The monoisotopic (exact) mass is 334 g/mol. The SMILES string of the molecule is CCc1nn(CC)c(CC2(CBr)CCOC2)c1Cl.